The van der Waals surface area contributed by atoms with Crippen molar-refractivity contribution >= 4 is 36.0 Å². The van der Waals surface area contributed by atoms with Crippen LogP contribution in [0.1, 0.15) is 37.7 Å². The number of hydrogen-bond donors (Lipinski definition) is 3. The van der Waals surface area contributed by atoms with Crippen LogP contribution in [-0.4, -0.2) is 48.6 Å². The van der Waals surface area contributed by atoms with Crippen molar-refractivity contribution < 1.29 is 13.6 Å². The van der Waals surface area contributed by atoms with E-state index in [-0.39, 0.29) is 47.5 Å². The van der Waals surface area contributed by atoms with Crippen molar-refractivity contribution in [3.63, 3.8) is 0 Å². The number of nitrogens with one attached hydrogen (secondary N) is 2. The predicted molar refractivity (Wildman–Crippen MR) is 111 cm³/mol. The molecular formula is C18H26F2IN5O. The number of likely N-dealkylation sites (tertiary alicyclic amines) is 1. The molecule has 27 heavy (non-hydrogen) atoms. The second kappa shape index (κ2) is 9.52. The number of nitrogens with two attached hydrogens (primary N) is 1. The number of rotatable bonds is 4. The van der Waals surface area contributed by atoms with Crippen molar-refractivity contribution in [2.45, 2.75) is 44.2 Å². The van der Waals surface area contributed by atoms with E-state index in [0.29, 0.717) is 32.0 Å². The van der Waals surface area contributed by atoms with E-state index in [0.717, 1.165) is 12.8 Å². The summed E-state index contributed by atoms with van der Waals surface area (Å²) in [5.41, 5.74) is 5.45. The van der Waals surface area contributed by atoms with E-state index in [4.69, 9.17) is 5.73 Å². The number of hydrogen-bond acceptors (Lipinski definition) is 2. The Kier molecular flexibility index (Phi) is 7.63. The minimum Gasteiger partial charge on any atom is -0.354 e. The summed E-state index contributed by atoms with van der Waals surface area (Å²) in [6, 6.07) is 3.72. The molecule has 1 aromatic rings. The van der Waals surface area contributed by atoms with E-state index in [9.17, 15) is 13.6 Å². The second-order valence-corrected chi connectivity index (χ2v) is 6.80. The molecule has 9 heteroatoms. The van der Waals surface area contributed by atoms with E-state index in [1.165, 1.54) is 18.2 Å². The highest BCUT2D eigenvalue weighted by Crippen LogP contribution is 2.43. The molecule has 1 saturated heterocycles. The van der Waals surface area contributed by atoms with Gasteiger partial charge in [0, 0.05) is 43.2 Å². The van der Waals surface area contributed by atoms with Gasteiger partial charge in [0.05, 0.1) is 0 Å². The van der Waals surface area contributed by atoms with Crippen molar-refractivity contribution in [1.82, 2.24) is 15.5 Å². The highest BCUT2D eigenvalue weighted by Gasteiger charge is 2.42. The molecule has 1 aliphatic heterocycles. The lowest BCUT2D eigenvalue weighted by atomic mass is 10.1. The third-order valence-corrected chi connectivity index (χ3v) is 4.95. The standard InChI is InChI=1S/C18H25F2N5O.HI/c1-2-22-18(23-11-6-8-25(9-7-11)17(21)26)24-15-10-12(15)16-13(19)4-3-5-14(16)20;/h3-5,11-12,15H,2,6-10H2,1H3,(H2,21,26)(H2,22,23,24);1H. The summed E-state index contributed by atoms with van der Waals surface area (Å²) in [7, 11) is 0. The molecule has 1 heterocycles. The fraction of sp³-hybridized carbons (Fsp3) is 0.556. The van der Waals surface area contributed by atoms with Crippen LogP contribution in [0.4, 0.5) is 13.6 Å². The Bertz CT molecular complexity index is 674. The lowest BCUT2D eigenvalue weighted by molar-refractivity contribution is 0.188. The molecule has 4 N–H and O–H groups in total. The first-order chi connectivity index (χ1) is 12.5. The van der Waals surface area contributed by atoms with Gasteiger partial charge in [-0.3, -0.25) is 4.99 Å². The van der Waals surface area contributed by atoms with Crippen LogP contribution >= 0.6 is 24.0 Å². The molecule has 0 radical (unpaired) electrons. The SMILES string of the molecule is CCN=C(NC1CCN(C(N)=O)CC1)NC1CC1c1c(F)cccc1F.I. The fourth-order valence-corrected chi connectivity index (χ4v) is 3.44. The van der Waals surface area contributed by atoms with Crippen molar-refractivity contribution in [2.24, 2.45) is 10.7 Å². The number of piperidine rings is 1. The van der Waals surface area contributed by atoms with Gasteiger partial charge in [-0.1, -0.05) is 6.07 Å². The van der Waals surface area contributed by atoms with Crippen LogP contribution < -0.4 is 16.4 Å². The second-order valence-electron chi connectivity index (χ2n) is 6.80. The number of primary amides is 1. The van der Waals surface area contributed by atoms with Gasteiger partial charge in [-0.25, -0.2) is 13.6 Å². The zero-order chi connectivity index (χ0) is 18.7. The third kappa shape index (κ3) is 5.43. The van der Waals surface area contributed by atoms with Crippen LogP contribution in [0.25, 0.3) is 0 Å². The van der Waals surface area contributed by atoms with Gasteiger partial charge in [-0.2, -0.15) is 0 Å². The number of aliphatic imine (C=N–C) groups is 1. The Balaban J connectivity index is 0.00000261. The topological polar surface area (TPSA) is 82.8 Å². The molecule has 2 fully saturated rings. The summed E-state index contributed by atoms with van der Waals surface area (Å²) in [5.74, 6) is -0.536. The van der Waals surface area contributed by atoms with Crippen molar-refractivity contribution in [2.75, 3.05) is 19.6 Å². The van der Waals surface area contributed by atoms with Crippen LogP contribution in [0.2, 0.25) is 0 Å². The van der Waals surface area contributed by atoms with Gasteiger partial charge in [-0.05, 0) is 38.3 Å². The van der Waals surface area contributed by atoms with Crippen molar-refractivity contribution in [1.29, 1.82) is 0 Å². The van der Waals surface area contributed by atoms with Crippen LogP contribution in [0.5, 0.6) is 0 Å². The smallest absolute Gasteiger partial charge is 0.314 e. The first-order valence-electron chi connectivity index (χ1n) is 9.05. The Labute approximate surface area is 175 Å². The molecule has 2 atom stereocenters. The lowest BCUT2D eigenvalue weighted by Gasteiger charge is -2.32. The maximum absolute atomic E-state index is 13.9. The molecule has 150 valence electrons. The number of benzene rings is 1. The first-order valence-corrected chi connectivity index (χ1v) is 9.05. The van der Waals surface area contributed by atoms with Gasteiger partial charge in [0.2, 0.25) is 0 Å². The van der Waals surface area contributed by atoms with E-state index in [2.05, 4.69) is 15.6 Å². The third-order valence-electron chi connectivity index (χ3n) is 4.95. The van der Waals surface area contributed by atoms with Gasteiger partial charge in [0.15, 0.2) is 5.96 Å². The van der Waals surface area contributed by atoms with E-state index in [1.807, 2.05) is 6.92 Å². The molecule has 1 aromatic carbocycles. The minimum absolute atomic E-state index is 0. The summed E-state index contributed by atoms with van der Waals surface area (Å²) in [6.45, 7) is 3.75. The van der Waals surface area contributed by atoms with Gasteiger partial charge >= 0.3 is 6.03 Å². The highest BCUT2D eigenvalue weighted by atomic mass is 127. The maximum Gasteiger partial charge on any atom is 0.314 e. The average Bonchev–Trinajstić information content (AvgIpc) is 3.34. The largest absolute Gasteiger partial charge is 0.354 e. The van der Waals surface area contributed by atoms with Gasteiger partial charge in [0.25, 0.3) is 0 Å². The summed E-state index contributed by atoms with van der Waals surface area (Å²) < 4.78 is 27.8. The first kappa shape index (κ1) is 21.6. The molecule has 2 amide bonds. The Hall–Kier alpha value is -1.65. The number of halogens is 3. The Morgan fingerprint density at radius 2 is 1.89 bits per heavy atom. The number of nitrogens with zero attached hydrogens (tertiary/aromatic N) is 2. The number of urea groups is 1. The molecule has 0 aromatic heterocycles. The van der Waals surface area contributed by atoms with Crippen LogP contribution in [0.15, 0.2) is 23.2 Å². The highest BCUT2D eigenvalue weighted by molar-refractivity contribution is 14.0. The molecule has 0 spiro atoms. The van der Waals surface area contributed by atoms with Crippen LogP contribution in [0, 0.1) is 11.6 Å². The number of carbonyl (C=O) groups is 1. The summed E-state index contributed by atoms with van der Waals surface area (Å²) >= 11 is 0. The molecule has 1 saturated carbocycles. The zero-order valence-electron chi connectivity index (χ0n) is 15.3. The molecule has 6 nitrogen and oxygen atoms in total. The molecule has 2 unspecified atom stereocenters. The molecule has 3 rings (SSSR count). The van der Waals surface area contributed by atoms with Crippen LogP contribution in [-0.2, 0) is 0 Å². The van der Waals surface area contributed by atoms with Crippen molar-refractivity contribution in [3.8, 4) is 0 Å². The number of carbonyl (C=O) groups excluding carboxylic acids is 1. The Morgan fingerprint density at radius 1 is 1.26 bits per heavy atom. The minimum atomic E-state index is -0.500. The van der Waals surface area contributed by atoms with E-state index >= 15 is 0 Å². The number of amides is 2. The summed E-state index contributed by atoms with van der Waals surface area (Å²) in [4.78, 5) is 17.2. The summed E-state index contributed by atoms with van der Waals surface area (Å²) in [6.07, 6.45) is 2.23. The maximum atomic E-state index is 13.9. The average molecular weight is 493 g/mol. The quantitative estimate of drug-likeness (QED) is 0.343. The molecule has 1 aliphatic carbocycles. The molecule has 2 aliphatic rings. The normalized spacial score (nSPS) is 22.8. The van der Waals surface area contributed by atoms with E-state index in [1.54, 1.807) is 4.90 Å². The monoisotopic (exact) mass is 493 g/mol. The van der Waals surface area contributed by atoms with Crippen molar-refractivity contribution in [3.05, 3.63) is 35.4 Å². The lowest BCUT2D eigenvalue weighted by Crippen LogP contribution is -2.51. The van der Waals surface area contributed by atoms with Gasteiger partial charge < -0.3 is 21.3 Å². The molecule has 0 bridgehead atoms. The van der Waals surface area contributed by atoms with Gasteiger partial charge in [0.1, 0.15) is 11.6 Å². The zero-order valence-corrected chi connectivity index (χ0v) is 17.6. The Morgan fingerprint density at radius 3 is 2.44 bits per heavy atom. The summed E-state index contributed by atoms with van der Waals surface area (Å²) in [5, 5.41) is 6.64. The van der Waals surface area contributed by atoms with Crippen LogP contribution in [0.3, 0.4) is 0 Å². The predicted octanol–water partition coefficient (Wildman–Crippen LogP) is 2.54. The molecular weight excluding hydrogens is 467 g/mol. The van der Waals surface area contributed by atoms with E-state index < -0.39 is 17.7 Å². The fourth-order valence-electron chi connectivity index (χ4n) is 3.44. The van der Waals surface area contributed by atoms with Gasteiger partial charge in [-0.15, -0.1) is 24.0 Å². The number of guanidine groups is 1.